The highest BCUT2D eigenvalue weighted by Gasteiger charge is 2.26. The summed E-state index contributed by atoms with van der Waals surface area (Å²) in [4.78, 5) is 24.5. The van der Waals surface area contributed by atoms with Gasteiger partial charge in [-0.05, 0) is 31.5 Å². The third kappa shape index (κ3) is 3.76. The Hall–Kier alpha value is -2.96. The standard InChI is InChI=1S/C18H21NO6/c1-5-19-17(20)16-15(12(10-25-16)18(21)24-6-2)11-7-8-13(22-3)14(9-11)23-4/h7-10H,5-6H2,1-4H3,(H,19,20). The van der Waals surface area contributed by atoms with Gasteiger partial charge in [0.15, 0.2) is 17.3 Å². The van der Waals surface area contributed by atoms with E-state index in [1.54, 1.807) is 32.0 Å². The lowest BCUT2D eigenvalue weighted by Gasteiger charge is -2.11. The number of esters is 1. The molecular weight excluding hydrogens is 326 g/mol. The zero-order valence-corrected chi connectivity index (χ0v) is 14.7. The number of ether oxygens (including phenoxy) is 3. The molecule has 0 fully saturated rings. The van der Waals surface area contributed by atoms with E-state index in [2.05, 4.69) is 5.32 Å². The van der Waals surface area contributed by atoms with Gasteiger partial charge in [-0.2, -0.15) is 0 Å². The molecule has 1 amide bonds. The molecule has 0 saturated carbocycles. The second-order valence-electron chi connectivity index (χ2n) is 5.00. The Labute approximate surface area is 145 Å². The van der Waals surface area contributed by atoms with Crippen molar-refractivity contribution < 1.29 is 28.2 Å². The van der Waals surface area contributed by atoms with E-state index in [-0.39, 0.29) is 17.9 Å². The van der Waals surface area contributed by atoms with Gasteiger partial charge in [-0.1, -0.05) is 6.07 Å². The number of nitrogens with one attached hydrogen (secondary N) is 1. The predicted octanol–water partition coefficient (Wildman–Crippen LogP) is 2.89. The first-order valence-electron chi connectivity index (χ1n) is 7.86. The van der Waals surface area contributed by atoms with Crippen LogP contribution in [0, 0.1) is 0 Å². The van der Waals surface area contributed by atoms with Gasteiger partial charge >= 0.3 is 5.97 Å². The van der Waals surface area contributed by atoms with Gasteiger partial charge in [0, 0.05) is 12.1 Å². The Morgan fingerprint density at radius 2 is 1.84 bits per heavy atom. The highest BCUT2D eigenvalue weighted by molar-refractivity contribution is 6.06. The van der Waals surface area contributed by atoms with Gasteiger partial charge in [0.1, 0.15) is 11.8 Å². The summed E-state index contributed by atoms with van der Waals surface area (Å²) in [5.41, 5.74) is 1.11. The number of hydrogen-bond donors (Lipinski definition) is 1. The fraction of sp³-hybridized carbons (Fsp3) is 0.333. The smallest absolute Gasteiger partial charge is 0.342 e. The zero-order valence-electron chi connectivity index (χ0n) is 14.7. The van der Waals surface area contributed by atoms with Crippen LogP contribution in [0.5, 0.6) is 11.5 Å². The molecule has 7 heteroatoms. The maximum Gasteiger partial charge on any atom is 0.342 e. The summed E-state index contributed by atoms with van der Waals surface area (Å²) >= 11 is 0. The second kappa shape index (κ2) is 8.23. The highest BCUT2D eigenvalue weighted by Crippen LogP contribution is 2.36. The Morgan fingerprint density at radius 1 is 1.12 bits per heavy atom. The molecule has 7 nitrogen and oxygen atoms in total. The van der Waals surface area contributed by atoms with Crippen LogP contribution >= 0.6 is 0 Å². The Bertz CT molecular complexity index is 729. The van der Waals surface area contributed by atoms with Crippen LogP contribution in [0.1, 0.15) is 34.8 Å². The van der Waals surface area contributed by atoms with Crippen LogP contribution in [-0.4, -0.2) is 39.2 Å². The summed E-state index contributed by atoms with van der Waals surface area (Å²) in [7, 11) is 3.04. The molecule has 1 heterocycles. The first-order valence-corrected chi connectivity index (χ1v) is 7.86. The summed E-state index contributed by atoms with van der Waals surface area (Å²) in [5.74, 6) is 0.0661. The molecular formula is C18H21NO6. The normalized spacial score (nSPS) is 10.2. The predicted molar refractivity (Wildman–Crippen MR) is 91.2 cm³/mol. The SMILES string of the molecule is CCNC(=O)c1occ(C(=O)OCC)c1-c1ccc(OC)c(OC)c1. The van der Waals surface area contributed by atoms with E-state index in [1.165, 1.54) is 20.5 Å². The summed E-state index contributed by atoms with van der Waals surface area (Å²) in [5, 5.41) is 2.67. The van der Waals surface area contributed by atoms with Crippen molar-refractivity contribution in [1.82, 2.24) is 5.32 Å². The van der Waals surface area contributed by atoms with Crippen molar-refractivity contribution in [3.8, 4) is 22.6 Å². The van der Waals surface area contributed by atoms with Gasteiger partial charge in [-0.15, -0.1) is 0 Å². The second-order valence-corrected chi connectivity index (χ2v) is 5.00. The molecule has 1 aromatic carbocycles. The quantitative estimate of drug-likeness (QED) is 0.775. The van der Waals surface area contributed by atoms with Crippen molar-refractivity contribution in [2.24, 2.45) is 0 Å². The van der Waals surface area contributed by atoms with Gasteiger partial charge in [0.2, 0.25) is 0 Å². The molecule has 0 radical (unpaired) electrons. The lowest BCUT2D eigenvalue weighted by molar-refractivity contribution is 0.0526. The molecule has 0 aliphatic carbocycles. The highest BCUT2D eigenvalue weighted by atomic mass is 16.5. The minimum absolute atomic E-state index is 0.0390. The Kier molecular flexibility index (Phi) is 6.05. The van der Waals surface area contributed by atoms with E-state index in [9.17, 15) is 9.59 Å². The maximum atomic E-state index is 12.3. The number of amides is 1. The van der Waals surface area contributed by atoms with Gasteiger partial charge in [0.05, 0.1) is 20.8 Å². The van der Waals surface area contributed by atoms with Crippen molar-refractivity contribution in [1.29, 1.82) is 0 Å². The van der Waals surface area contributed by atoms with Crippen molar-refractivity contribution in [2.75, 3.05) is 27.4 Å². The van der Waals surface area contributed by atoms with E-state index in [0.29, 0.717) is 29.2 Å². The largest absolute Gasteiger partial charge is 0.493 e. The summed E-state index contributed by atoms with van der Waals surface area (Å²) in [6.45, 7) is 4.15. The van der Waals surface area contributed by atoms with E-state index in [1.807, 2.05) is 0 Å². The van der Waals surface area contributed by atoms with Crippen LogP contribution in [0.4, 0.5) is 0 Å². The molecule has 0 spiro atoms. The number of benzene rings is 1. The minimum Gasteiger partial charge on any atom is -0.493 e. The fourth-order valence-electron chi connectivity index (χ4n) is 2.40. The van der Waals surface area contributed by atoms with Crippen molar-refractivity contribution in [3.63, 3.8) is 0 Å². The molecule has 2 rings (SSSR count). The zero-order chi connectivity index (χ0) is 18.4. The summed E-state index contributed by atoms with van der Waals surface area (Å²) in [6.07, 6.45) is 1.23. The molecule has 25 heavy (non-hydrogen) atoms. The number of furan rings is 1. The van der Waals surface area contributed by atoms with Gasteiger partial charge < -0.3 is 23.9 Å². The molecule has 1 aromatic heterocycles. The molecule has 0 saturated heterocycles. The lowest BCUT2D eigenvalue weighted by atomic mass is 10.0. The summed E-state index contributed by atoms with van der Waals surface area (Å²) in [6, 6.07) is 5.09. The monoisotopic (exact) mass is 347 g/mol. The number of carbonyl (C=O) groups excluding carboxylic acids is 2. The van der Waals surface area contributed by atoms with E-state index >= 15 is 0 Å². The van der Waals surface area contributed by atoms with Crippen LogP contribution in [0.25, 0.3) is 11.1 Å². The topological polar surface area (TPSA) is 87.0 Å². The van der Waals surface area contributed by atoms with Crippen molar-refractivity contribution in [2.45, 2.75) is 13.8 Å². The molecule has 2 aromatic rings. The molecule has 0 unspecified atom stereocenters. The number of carbonyl (C=O) groups is 2. The molecule has 0 aliphatic heterocycles. The van der Waals surface area contributed by atoms with Crippen LogP contribution in [0.3, 0.4) is 0 Å². The first-order chi connectivity index (χ1) is 12.1. The molecule has 0 bridgehead atoms. The van der Waals surface area contributed by atoms with Gasteiger partial charge in [-0.25, -0.2) is 4.79 Å². The number of methoxy groups -OCH3 is 2. The van der Waals surface area contributed by atoms with Crippen LogP contribution in [0.2, 0.25) is 0 Å². The molecule has 1 N–H and O–H groups in total. The maximum absolute atomic E-state index is 12.3. The van der Waals surface area contributed by atoms with E-state index in [4.69, 9.17) is 18.6 Å². The van der Waals surface area contributed by atoms with Gasteiger partial charge in [0.25, 0.3) is 5.91 Å². The van der Waals surface area contributed by atoms with Crippen LogP contribution < -0.4 is 14.8 Å². The minimum atomic E-state index is -0.563. The lowest BCUT2D eigenvalue weighted by Crippen LogP contribution is -2.23. The van der Waals surface area contributed by atoms with Crippen molar-refractivity contribution >= 4 is 11.9 Å². The van der Waals surface area contributed by atoms with Crippen LogP contribution in [-0.2, 0) is 4.74 Å². The molecule has 0 atom stereocenters. The first kappa shape index (κ1) is 18.4. The van der Waals surface area contributed by atoms with Crippen molar-refractivity contribution in [3.05, 3.63) is 35.8 Å². The number of rotatable bonds is 7. The van der Waals surface area contributed by atoms with E-state index in [0.717, 1.165) is 0 Å². The summed E-state index contributed by atoms with van der Waals surface area (Å²) < 4.78 is 21.0. The average molecular weight is 347 g/mol. The molecule has 0 aliphatic rings. The Balaban J connectivity index is 2.62. The number of hydrogen-bond acceptors (Lipinski definition) is 6. The average Bonchev–Trinajstić information content (AvgIpc) is 3.06. The Morgan fingerprint density at radius 3 is 2.44 bits per heavy atom. The van der Waals surface area contributed by atoms with Gasteiger partial charge in [-0.3, -0.25) is 4.79 Å². The molecule has 134 valence electrons. The fourth-order valence-corrected chi connectivity index (χ4v) is 2.40. The van der Waals surface area contributed by atoms with Crippen LogP contribution in [0.15, 0.2) is 28.9 Å². The van der Waals surface area contributed by atoms with E-state index < -0.39 is 11.9 Å². The third-order valence-corrected chi connectivity index (χ3v) is 3.50. The third-order valence-electron chi connectivity index (χ3n) is 3.50.